The monoisotopic (exact) mass is 447 g/mol. The minimum absolute atomic E-state index is 0.0256. The first-order valence-corrected chi connectivity index (χ1v) is 10.3. The van der Waals surface area contributed by atoms with Gasteiger partial charge in [0.2, 0.25) is 0 Å². The highest BCUT2D eigenvalue weighted by atomic mass is 35.5. The SMILES string of the molecule is CCOC(=O)c1c(-c2cc(C)ccc2OC)csc1NC(=O)c1c(F)cccc1Cl. The smallest absolute Gasteiger partial charge is 0.341 e. The van der Waals surface area contributed by atoms with E-state index in [1.54, 1.807) is 18.4 Å². The summed E-state index contributed by atoms with van der Waals surface area (Å²) in [7, 11) is 1.54. The topological polar surface area (TPSA) is 64.6 Å². The van der Waals surface area contributed by atoms with E-state index in [1.165, 1.54) is 19.2 Å². The Hall–Kier alpha value is -2.90. The molecule has 1 N–H and O–H groups in total. The van der Waals surface area contributed by atoms with Crippen molar-refractivity contribution >= 4 is 39.8 Å². The van der Waals surface area contributed by atoms with E-state index >= 15 is 0 Å². The van der Waals surface area contributed by atoms with E-state index < -0.39 is 17.7 Å². The van der Waals surface area contributed by atoms with E-state index in [2.05, 4.69) is 5.32 Å². The standard InChI is InChI=1S/C22H19ClFNO4S/c1-4-29-22(27)18-14(13-10-12(2)8-9-17(13)28-3)11-30-21(18)25-20(26)19-15(23)6-5-7-16(19)24/h5-11H,4H2,1-3H3,(H,25,26). The number of esters is 1. The zero-order valence-electron chi connectivity index (χ0n) is 16.5. The van der Waals surface area contributed by atoms with Gasteiger partial charge in [-0.15, -0.1) is 11.3 Å². The van der Waals surface area contributed by atoms with Gasteiger partial charge >= 0.3 is 5.97 Å². The van der Waals surface area contributed by atoms with Crippen LogP contribution in [0.5, 0.6) is 5.75 Å². The highest BCUT2D eigenvalue weighted by Gasteiger charge is 2.26. The molecule has 0 radical (unpaired) electrons. The van der Waals surface area contributed by atoms with Crippen molar-refractivity contribution in [2.24, 2.45) is 0 Å². The molecule has 3 rings (SSSR count). The number of methoxy groups -OCH3 is 1. The molecule has 3 aromatic rings. The van der Waals surface area contributed by atoms with Crippen LogP contribution in [0.2, 0.25) is 5.02 Å². The molecule has 0 aliphatic carbocycles. The number of anilines is 1. The van der Waals surface area contributed by atoms with E-state index in [9.17, 15) is 14.0 Å². The lowest BCUT2D eigenvalue weighted by molar-refractivity contribution is 0.0529. The molecule has 0 spiro atoms. The van der Waals surface area contributed by atoms with E-state index in [1.807, 2.05) is 19.1 Å². The predicted molar refractivity (Wildman–Crippen MR) is 116 cm³/mol. The summed E-state index contributed by atoms with van der Waals surface area (Å²) in [4.78, 5) is 25.5. The van der Waals surface area contributed by atoms with Crippen molar-refractivity contribution < 1.29 is 23.5 Å². The maximum absolute atomic E-state index is 14.1. The summed E-state index contributed by atoms with van der Waals surface area (Å²) in [5.41, 5.74) is 2.08. The van der Waals surface area contributed by atoms with E-state index in [0.717, 1.165) is 23.0 Å². The van der Waals surface area contributed by atoms with Crippen LogP contribution in [0.1, 0.15) is 33.2 Å². The number of thiophene rings is 1. The lowest BCUT2D eigenvalue weighted by atomic mass is 10.0. The third-order valence-electron chi connectivity index (χ3n) is 4.33. The van der Waals surface area contributed by atoms with Crippen LogP contribution in [0, 0.1) is 12.7 Å². The molecule has 0 saturated heterocycles. The average Bonchev–Trinajstić information content (AvgIpc) is 3.11. The number of halogens is 2. The number of carbonyl (C=O) groups is 2. The van der Waals surface area contributed by atoms with Gasteiger partial charge in [0.25, 0.3) is 5.91 Å². The summed E-state index contributed by atoms with van der Waals surface area (Å²) in [6, 6.07) is 9.54. The Morgan fingerprint density at radius 3 is 2.60 bits per heavy atom. The van der Waals surface area contributed by atoms with Gasteiger partial charge in [0.05, 0.1) is 24.3 Å². The number of amides is 1. The lowest BCUT2D eigenvalue weighted by Gasteiger charge is -2.12. The third kappa shape index (κ3) is 4.32. The summed E-state index contributed by atoms with van der Waals surface area (Å²) in [6.07, 6.45) is 0. The largest absolute Gasteiger partial charge is 0.496 e. The summed E-state index contributed by atoms with van der Waals surface area (Å²) < 4.78 is 24.8. The molecule has 0 atom stereocenters. The van der Waals surface area contributed by atoms with E-state index in [0.29, 0.717) is 16.9 Å². The minimum atomic E-state index is -0.756. The Labute approximate surface area is 182 Å². The number of benzene rings is 2. The van der Waals surface area contributed by atoms with Crippen LogP contribution in [-0.4, -0.2) is 25.6 Å². The number of hydrogen-bond acceptors (Lipinski definition) is 5. The molecule has 0 bridgehead atoms. The van der Waals surface area contributed by atoms with Crippen LogP contribution in [0.4, 0.5) is 9.39 Å². The van der Waals surface area contributed by atoms with Crippen LogP contribution in [0.15, 0.2) is 41.8 Å². The number of ether oxygens (including phenoxy) is 2. The molecule has 2 aromatic carbocycles. The molecule has 8 heteroatoms. The van der Waals surface area contributed by atoms with Gasteiger partial charge in [-0.05, 0) is 38.1 Å². The summed E-state index contributed by atoms with van der Waals surface area (Å²) in [6.45, 7) is 3.77. The quantitative estimate of drug-likeness (QED) is 0.474. The normalized spacial score (nSPS) is 10.6. The first-order valence-electron chi connectivity index (χ1n) is 9.06. The molecule has 1 heterocycles. The molecule has 1 aromatic heterocycles. The Balaban J connectivity index is 2.10. The van der Waals surface area contributed by atoms with Crippen molar-refractivity contribution in [3.05, 3.63) is 69.3 Å². The second-order valence-electron chi connectivity index (χ2n) is 6.33. The van der Waals surface area contributed by atoms with Gasteiger partial charge in [0, 0.05) is 16.5 Å². The fraction of sp³-hybridized carbons (Fsp3) is 0.182. The van der Waals surface area contributed by atoms with Crippen molar-refractivity contribution in [2.75, 3.05) is 19.0 Å². The lowest BCUT2D eigenvalue weighted by Crippen LogP contribution is -2.16. The van der Waals surface area contributed by atoms with Crippen molar-refractivity contribution in [1.29, 1.82) is 0 Å². The third-order valence-corrected chi connectivity index (χ3v) is 5.54. The number of aryl methyl sites for hydroxylation is 1. The van der Waals surface area contributed by atoms with Crippen LogP contribution in [-0.2, 0) is 4.74 Å². The molecular weight excluding hydrogens is 429 g/mol. The van der Waals surface area contributed by atoms with Crippen LogP contribution in [0.25, 0.3) is 11.1 Å². The zero-order valence-corrected chi connectivity index (χ0v) is 18.1. The molecule has 1 amide bonds. The maximum Gasteiger partial charge on any atom is 0.341 e. The highest BCUT2D eigenvalue weighted by Crippen LogP contribution is 2.41. The number of carbonyl (C=O) groups excluding carboxylic acids is 2. The first kappa shape index (κ1) is 21.8. The van der Waals surface area contributed by atoms with Gasteiger partial charge in [-0.25, -0.2) is 9.18 Å². The zero-order chi connectivity index (χ0) is 21.8. The van der Waals surface area contributed by atoms with Crippen LogP contribution < -0.4 is 10.1 Å². The second kappa shape index (κ2) is 9.28. The van der Waals surface area contributed by atoms with Gasteiger partial charge in [-0.1, -0.05) is 29.3 Å². The first-order chi connectivity index (χ1) is 14.4. The predicted octanol–water partition coefficient (Wildman–Crippen LogP) is 5.95. The molecule has 0 unspecified atom stereocenters. The van der Waals surface area contributed by atoms with Crippen molar-refractivity contribution in [3.63, 3.8) is 0 Å². The van der Waals surface area contributed by atoms with Gasteiger partial charge in [0.15, 0.2) is 0 Å². The molecule has 156 valence electrons. The average molecular weight is 448 g/mol. The highest BCUT2D eigenvalue weighted by molar-refractivity contribution is 7.15. The molecule has 30 heavy (non-hydrogen) atoms. The van der Waals surface area contributed by atoms with E-state index in [-0.39, 0.29) is 27.8 Å². The summed E-state index contributed by atoms with van der Waals surface area (Å²) >= 11 is 7.13. The minimum Gasteiger partial charge on any atom is -0.496 e. The molecule has 0 fully saturated rings. The van der Waals surface area contributed by atoms with Gasteiger partial charge < -0.3 is 14.8 Å². The summed E-state index contributed by atoms with van der Waals surface area (Å²) in [5.74, 6) is -1.55. The number of rotatable bonds is 6. The molecule has 0 aliphatic rings. The second-order valence-corrected chi connectivity index (χ2v) is 7.62. The van der Waals surface area contributed by atoms with Crippen molar-refractivity contribution in [1.82, 2.24) is 0 Å². The van der Waals surface area contributed by atoms with Crippen LogP contribution >= 0.6 is 22.9 Å². The Morgan fingerprint density at radius 2 is 1.93 bits per heavy atom. The van der Waals surface area contributed by atoms with Crippen LogP contribution in [0.3, 0.4) is 0 Å². The fourth-order valence-corrected chi connectivity index (χ4v) is 4.16. The fourth-order valence-electron chi connectivity index (χ4n) is 2.97. The Bertz CT molecular complexity index is 1090. The molecule has 0 saturated carbocycles. The Morgan fingerprint density at radius 1 is 1.17 bits per heavy atom. The Kier molecular flexibility index (Phi) is 6.74. The molecule has 5 nitrogen and oxygen atoms in total. The van der Waals surface area contributed by atoms with Gasteiger partial charge in [-0.3, -0.25) is 4.79 Å². The van der Waals surface area contributed by atoms with Crippen molar-refractivity contribution in [3.8, 4) is 16.9 Å². The van der Waals surface area contributed by atoms with Gasteiger partial charge in [0.1, 0.15) is 22.1 Å². The molecular formula is C22H19ClFNO4S. The van der Waals surface area contributed by atoms with Gasteiger partial charge in [-0.2, -0.15) is 0 Å². The number of nitrogens with one attached hydrogen (secondary N) is 1. The molecule has 0 aliphatic heterocycles. The number of hydrogen-bond donors (Lipinski definition) is 1. The summed E-state index contributed by atoms with van der Waals surface area (Å²) in [5, 5.41) is 4.53. The van der Waals surface area contributed by atoms with E-state index in [4.69, 9.17) is 21.1 Å². The van der Waals surface area contributed by atoms with Crippen molar-refractivity contribution in [2.45, 2.75) is 13.8 Å². The maximum atomic E-state index is 14.1.